The van der Waals surface area contributed by atoms with Gasteiger partial charge in [-0.25, -0.2) is 0 Å². The molecule has 7 aliphatic carbocycles. The average molecular weight is 816 g/mol. The van der Waals surface area contributed by atoms with Crippen LogP contribution in [0.2, 0.25) is 0 Å². The summed E-state index contributed by atoms with van der Waals surface area (Å²) in [6.45, 7) is 13.0. The van der Waals surface area contributed by atoms with E-state index >= 15 is 0 Å². The second-order valence-electron chi connectivity index (χ2n) is 20.4. The van der Waals surface area contributed by atoms with Crippen LogP contribution in [-0.4, -0.2) is 81.8 Å². The van der Waals surface area contributed by atoms with Crippen LogP contribution >= 0.6 is 0 Å². The first-order valence-corrected chi connectivity index (χ1v) is 24.5. The van der Waals surface area contributed by atoms with Crippen molar-refractivity contribution in [1.29, 1.82) is 0 Å². The zero-order chi connectivity index (χ0) is 41.3. The monoisotopic (exact) mass is 816 g/mol. The number of likely N-dealkylation sites (N-methyl/N-ethyl adjacent to an activating group) is 1. The summed E-state index contributed by atoms with van der Waals surface area (Å²) in [6, 6.07) is 0. The van der Waals surface area contributed by atoms with Crippen molar-refractivity contribution < 1.29 is 38.1 Å². The highest BCUT2D eigenvalue weighted by atomic mass is 16.7. The molecular weight excluding hydrogens is 731 g/mol. The third-order valence-electron chi connectivity index (χ3n) is 15.2. The lowest BCUT2D eigenvalue weighted by Gasteiger charge is -2.66. The molecule has 0 spiro atoms. The molecular formula is C49H85NO8. The van der Waals surface area contributed by atoms with Gasteiger partial charge in [-0.1, -0.05) is 91.9 Å². The number of carbonyl (C=O) groups excluding carboxylic acids is 3. The number of hydrogen-bond acceptors (Lipinski definition) is 9. The van der Waals surface area contributed by atoms with E-state index in [0.717, 1.165) is 102 Å². The van der Waals surface area contributed by atoms with Crippen molar-refractivity contribution in [1.82, 2.24) is 4.90 Å². The van der Waals surface area contributed by atoms with E-state index < -0.39 is 6.29 Å². The van der Waals surface area contributed by atoms with Gasteiger partial charge in [-0.05, 0) is 120 Å². The molecule has 7 rings (SSSR count). The molecule has 0 radical (unpaired) electrons. The fraction of sp³-hybridized carbons (Fsp3) is 0.939. The predicted octanol–water partition coefficient (Wildman–Crippen LogP) is 11.1. The van der Waals surface area contributed by atoms with E-state index in [-0.39, 0.29) is 46.0 Å². The summed E-state index contributed by atoms with van der Waals surface area (Å²) >= 11 is 0. The van der Waals surface area contributed by atoms with Gasteiger partial charge >= 0.3 is 17.9 Å². The number of fused-ring (bicyclic) bond motifs is 3. The fourth-order valence-corrected chi connectivity index (χ4v) is 12.6. The van der Waals surface area contributed by atoms with Gasteiger partial charge in [0.1, 0.15) is 0 Å². The Morgan fingerprint density at radius 2 is 1.00 bits per heavy atom. The Kier molecular flexibility index (Phi) is 19.2. The first-order chi connectivity index (χ1) is 28.1. The normalized spacial score (nSPS) is 29.7. The molecule has 7 fully saturated rings. The van der Waals surface area contributed by atoms with E-state index in [1.807, 2.05) is 0 Å². The number of carbonyl (C=O) groups is 3. The van der Waals surface area contributed by atoms with Gasteiger partial charge in [0.2, 0.25) is 0 Å². The SMILES string of the molecule is CCCCCCCCOC(CCC(=O)OCC12CC3CC(COC(=O)CN(CC)CC)(C1)CC(COC(=O)CC14CCC(CC1)CC4)(C3)C2)OCCCCCCCC. The highest BCUT2D eigenvalue weighted by Crippen LogP contribution is 2.70. The maximum atomic E-state index is 13.5. The van der Waals surface area contributed by atoms with Gasteiger partial charge in [-0.15, -0.1) is 0 Å². The smallest absolute Gasteiger partial charge is 0.320 e. The largest absolute Gasteiger partial charge is 0.465 e. The molecule has 0 amide bonds. The summed E-state index contributed by atoms with van der Waals surface area (Å²) in [5.41, 5.74) is -0.457. The fourth-order valence-electron chi connectivity index (χ4n) is 12.6. The number of nitrogens with zero attached hydrogens (tertiary/aromatic N) is 1. The van der Waals surface area contributed by atoms with E-state index in [1.165, 1.54) is 70.6 Å². The average Bonchev–Trinajstić information content (AvgIpc) is 3.21. The summed E-state index contributed by atoms with van der Waals surface area (Å²) in [5.74, 6) is 0.878. The molecule has 0 aliphatic heterocycles. The van der Waals surface area contributed by atoms with Gasteiger partial charge in [0.25, 0.3) is 0 Å². The molecule has 7 aliphatic rings. The van der Waals surface area contributed by atoms with E-state index in [9.17, 15) is 14.4 Å². The van der Waals surface area contributed by atoms with Crippen LogP contribution in [0.1, 0.15) is 201 Å². The number of unbranched alkanes of at least 4 members (excludes halogenated alkanes) is 10. The van der Waals surface area contributed by atoms with Crippen LogP contribution in [0, 0.1) is 33.5 Å². The summed E-state index contributed by atoms with van der Waals surface area (Å²) in [5, 5.41) is 0. The number of rotatable bonds is 31. The minimum Gasteiger partial charge on any atom is -0.465 e. The van der Waals surface area contributed by atoms with Crippen LogP contribution < -0.4 is 0 Å². The molecule has 58 heavy (non-hydrogen) atoms. The predicted molar refractivity (Wildman–Crippen MR) is 229 cm³/mol. The first-order valence-electron chi connectivity index (χ1n) is 24.5. The zero-order valence-corrected chi connectivity index (χ0v) is 37.7. The van der Waals surface area contributed by atoms with Gasteiger partial charge in [0, 0.05) is 35.9 Å². The van der Waals surface area contributed by atoms with Crippen LogP contribution in [0.3, 0.4) is 0 Å². The van der Waals surface area contributed by atoms with E-state index in [1.54, 1.807) is 0 Å². The van der Waals surface area contributed by atoms with Crippen LogP contribution in [0.25, 0.3) is 0 Å². The van der Waals surface area contributed by atoms with Gasteiger partial charge in [0.05, 0.1) is 39.2 Å². The van der Waals surface area contributed by atoms with Crippen LogP contribution in [0.5, 0.6) is 0 Å². The zero-order valence-electron chi connectivity index (χ0n) is 37.7. The molecule has 4 unspecified atom stereocenters. The lowest BCUT2D eigenvalue weighted by molar-refractivity contribution is -0.213. The minimum atomic E-state index is -0.395. The second kappa shape index (κ2) is 23.5. The Morgan fingerprint density at radius 3 is 1.48 bits per heavy atom. The summed E-state index contributed by atoms with van der Waals surface area (Å²) in [4.78, 5) is 42.2. The lowest BCUT2D eigenvalue weighted by Crippen LogP contribution is -2.61. The van der Waals surface area contributed by atoms with E-state index in [2.05, 4.69) is 32.6 Å². The quantitative estimate of drug-likeness (QED) is 0.0293. The van der Waals surface area contributed by atoms with E-state index in [4.69, 9.17) is 23.7 Å². The number of esters is 3. The highest BCUT2D eigenvalue weighted by molar-refractivity contribution is 5.72. The Balaban J connectivity index is 1.17. The maximum Gasteiger partial charge on any atom is 0.320 e. The highest BCUT2D eigenvalue weighted by Gasteiger charge is 2.64. The molecule has 6 bridgehead atoms. The van der Waals surface area contributed by atoms with Crippen molar-refractivity contribution in [3.8, 4) is 0 Å². The molecule has 9 heteroatoms. The van der Waals surface area contributed by atoms with Crippen molar-refractivity contribution in [3.05, 3.63) is 0 Å². The lowest BCUT2D eigenvalue weighted by atomic mass is 9.40. The molecule has 0 aromatic rings. The molecule has 0 N–H and O–H groups in total. The van der Waals surface area contributed by atoms with E-state index in [0.29, 0.717) is 58.3 Å². The summed E-state index contributed by atoms with van der Waals surface area (Å²) in [7, 11) is 0. The first kappa shape index (κ1) is 47.3. The van der Waals surface area contributed by atoms with Crippen molar-refractivity contribution in [2.75, 3.05) is 52.7 Å². The molecule has 0 saturated heterocycles. The third-order valence-corrected chi connectivity index (χ3v) is 15.2. The van der Waals surface area contributed by atoms with Gasteiger partial charge in [-0.2, -0.15) is 0 Å². The number of hydrogen-bond donors (Lipinski definition) is 0. The molecule has 0 aromatic carbocycles. The third kappa shape index (κ3) is 14.5. The maximum absolute atomic E-state index is 13.5. The van der Waals surface area contributed by atoms with Crippen molar-refractivity contribution in [3.63, 3.8) is 0 Å². The second-order valence-corrected chi connectivity index (χ2v) is 20.4. The number of ether oxygens (including phenoxy) is 5. The van der Waals surface area contributed by atoms with Gasteiger partial charge in [-0.3, -0.25) is 19.3 Å². The topological polar surface area (TPSA) is 101 Å². The van der Waals surface area contributed by atoms with Gasteiger partial charge in [0.15, 0.2) is 6.29 Å². The van der Waals surface area contributed by atoms with Crippen LogP contribution in [0.15, 0.2) is 0 Å². The Morgan fingerprint density at radius 1 is 0.552 bits per heavy atom. The molecule has 7 saturated carbocycles. The van der Waals surface area contributed by atoms with Gasteiger partial charge < -0.3 is 23.7 Å². The minimum absolute atomic E-state index is 0.0387. The molecule has 0 heterocycles. The summed E-state index contributed by atoms with van der Waals surface area (Å²) < 4.78 is 31.1. The summed E-state index contributed by atoms with van der Waals surface area (Å²) in [6.07, 6.45) is 28.3. The Labute approximate surface area is 353 Å². The Hall–Kier alpha value is -1.71. The Bertz CT molecular complexity index is 1220. The van der Waals surface area contributed by atoms with Crippen molar-refractivity contribution in [2.45, 2.75) is 207 Å². The van der Waals surface area contributed by atoms with Crippen LogP contribution in [0.4, 0.5) is 0 Å². The van der Waals surface area contributed by atoms with Crippen LogP contribution in [-0.2, 0) is 38.1 Å². The molecule has 0 aromatic heterocycles. The molecule has 4 atom stereocenters. The van der Waals surface area contributed by atoms with Crippen molar-refractivity contribution in [2.24, 2.45) is 33.5 Å². The standard InChI is InChI=1S/C49H85NO8/c1-5-9-11-13-15-17-27-54-45(55-28-18-16-14-12-10-6-2)20-19-42(51)56-37-47-29-41-30-48(34-47,38-57-43(52)32-46-24-21-40(22-25-46)23-26-46)36-49(31-41,35-47)39-58-44(53)33-50(7-3)8-4/h40-41,45H,5-39H2,1-4H3. The molecule has 9 nitrogen and oxygen atoms in total. The molecule has 334 valence electrons. The van der Waals surface area contributed by atoms with Crippen molar-refractivity contribution >= 4 is 17.9 Å².